The Balaban J connectivity index is 1.44. The third kappa shape index (κ3) is 4.83. The molecule has 0 atom stereocenters. The highest BCUT2D eigenvalue weighted by Gasteiger charge is 2.18. The molecule has 10 heteroatoms. The van der Waals surface area contributed by atoms with Gasteiger partial charge in [-0.3, -0.25) is 4.79 Å². The monoisotopic (exact) mass is 503 g/mol. The normalized spacial score (nSPS) is 10.9. The number of hydrogen-bond acceptors (Lipinski definition) is 6. The average Bonchev–Trinajstić information content (AvgIpc) is 3.40. The van der Waals surface area contributed by atoms with Crippen LogP contribution >= 0.6 is 34.5 Å². The van der Waals surface area contributed by atoms with Gasteiger partial charge in [-0.2, -0.15) is 5.10 Å². The second-order valence-corrected chi connectivity index (χ2v) is 9.09. The molecule has 1 N–H and O–H groups in total. The number of nitrogens with zero attached hydrogens (tertiary/aromatic N) is 2. The number of aryl methyl sites for hydroxylation is 2. The number of thiophene rings is 1. The molecule has 0 saturated carbocycles. The number of rotatable bonds is 6. The first kappa shape index (κ1) is 23.1. The molecule has 0 aliphatic rings. The Morgan fingerprint density at radius 1 is 1.09 bits per heavy atom. The predicted molar refractivity (Wildman–Crippen MR) is 130 cm³/mol. The van der Waals surface area contributed by atoms with Crippen LogP contribution in [0.25, 0.3) is 10.1 Å². The highest BCUT2D eigenvalue weighted by Crippen LogP contribution is 2.37. The van der Waals surface area contributed by atoms with E-state index in [4.69, 9.17) is 32.7 Å². The zero-order valence-electron chi connectivity index (χ0n) is 17.9. The van der Waals surface area contributed by atoms with Gasteiger partial charge in [0.15, 0.2) is 12.4 Å². The Labute approximate surface area is 203 Å². The van der Waals surface area contributed by atoms with Crippen molar-refractivity contribution in [3.05, 3.63) is 74.3 Å². The maximum atomic E-state index is 12.7. The zero-order valence-corrected chi connectivity index (χ0v) is 20.3. The highest BCUT2D eigenvalue weighted by molar-refractivity contribution is 7.21. The van der Waals surface area contributed by atoms with Gasteiger partial charge in [-0.15, -0.1) is 11.3 Å². The summed E-state index contributed by atoms with van der Waals surface area (Å²) < 4.78 is 12.8. The van der Waals surface area contributed by atoms with Crippen molar-refractivity contribution < 1.29 is 19.1 Å². The maximum Gasteiger partial charge on any atom is 0.349 e. The summed E-state index contributed by atoms with van der Waals surface area (Å²) in [5.41, 5.74) is 2.64. The Bertz CT molecular complexity index is 1360. The molecule has 0 unspecified atom stereocenters. The molecule has 0 bridgehead atoms. The molecule has 0 radical (unpaired) electrons. The van der Waals surface area contributed by atoms with Gasteiger partial charge in [0.25, 0.3) is 5.91 Å². The third-order valence-electron chi connectivity index (χ3n) is 4.90. The number of amides is 1. The molecule has 1 amide bonds. The van der Waals surface area contributed by atoms with Gasteiger partial charge in [0.1, 0.15) is 10.6 Å². The molecule has 2 aromatic heterocycles. The smallest absolute Gasteiger partial charge is 0.349 e. The Hall–Kier alpha value is -3.07. The number of fused-ring (bicyclic) bond motifs is 1. The van der Waals surface area contributed by atoms with Gasteiger partial charge >= 0.3 is 5.97 Å². The van der Waals surface area contributed by atoms with Crippen LogP contribution in [0.1, 0.15) is 31.3 Å². The number of hydrogen-bond donors (Lipinski definition) is 1. The zero-order chi connectivity index (χ0) is 23.7. The first-order valence-electron chi connectivity index (χ1n) is 9.81. The number of benzene rings is 2. The van der Waals surface area contributed by atoms with Crippen LogP contribution in [0.4, 0.5) is 5.69 Å². The number of methoxy groups -OCH3 is 1. The van der Waals surface area contributed by atoms with Crippen LogP contribution in [0.3, 0.4) is 0 Å². The van der Waals surface area contributed by atoms with E-state index in [1.807, 2.05) is 26.0 Å². The lowest BCUT2D eigenvalue weighted by atomic mass is 10.1. The largest absolute Gasteiger partial charge is 0.471 e. The van der Waals surface area contributed by atoms with Crippen molar-refractivity contribution in [1.82, 2.24) is 9.78 Å². The van der Waals surface area contributed by atoms with Gasteiger partial charge in [0.2, 0.25) is 0 Å². The minimum absolute atomic E-state index is 0.143. The van der Waals surface area contributed by atoms with Crippen molar-refractivity contribution in [1.29, 1.82) is 0 Å². The summed E-state index contributed by atoms with van der Waals surface area (Å²) >= 11 is 13.7. The lowest BCUT2D eigenvalue weighted by Gasteiger charge is -2.10. The van der Waals surface area contributed by atoms with Gasteiger partial charge in [-0.1, -0.05) is 23.2 Å². The number of carbonyl (C=O) groups is 2. The molecule has 4 aromatic rings. The van der Waals surface area contributed by atoms with E-state index in [1.165, 1.54) is 23.1 Å². The number of carbonyl (C=O) groups excluding carboxylic acids is 2. The summed E-state index contributed by atoms with van der Waals surface area (Å²) in [6, 6.07) is 10.5. The van der Waals surface area contributed by atoms with E-state index in [2.05, 4.69) is 10.4 Å². The van der Waals surface area contributed by atoms with Crippen LogP contribution in [0.5, 0.6) is 5.75 Å². The Morgan fingerprint density at radius 3 is 2.52 bits per heavy atom. The second kappa shape index (κ2) is 9.43. The average molecular weight is 504 g/mol. The molecule has 4 rings (SSSR count). The molecule has 2 heterocycles. The minimum atomic E-state index is -0.497. The van der Waals surface area contributed by atoms with E-state index in [-0.39, 0.29) is 18.3 Å². The number of anilines is 1. The van der Waals surface area contributed by atoms with E-state index in [0.29, 0.717) is 31.7 Å². The SMILES string of the molecule is COC(=O)c1sc2cc(NC(=O)c3ccn(COc4cc(C)c(Cl)c(C)c4)n3)ccc2c1Cl. The van der Waals surface area contributed by atoms with Crippen molar-refractivity contribution in [2.24, 2.45) is 0 Å². The van der Waals surface area contributed by atoms with E-state index in [1.54, 1.807) is 30.5 Å². The van der Waals surface area contributed by atoms with E-state index in [0.717, 1.165) is 15.8 Å². The van der Waals surface area contributed by atoms with Crippen LogP contribution in [0.15, 0.2) is 42.6 Å². The molecular weight excluding hydrogens is 485 g/mol. The number of nitrogens with one attached hydrogen (secondary N) is 1. The fraction of sp³-hybridized carbons (Fsp3) is 0.174. The molecule has 0 spiro atoms. The summed E-state index contributed by atoms with van der Waals surface area (Å²) in [4.78, 5) is 24.8. The van der Waals surface area contributed by atoms with Gasteiger partial charge in [-0.25, -0.2) is 9.48 Å². The van der Waals surface area contributed by atoms with Crippen LogP contribution < -0.4 is 10.1 Å². The van der Waals surface area contributed by atoms with Crippen LogP contribution in [0.2, 0.25) is 10.0 Å². The van der Waals surface area contributed by atoms with E-state index in [9.17, 15) is 9.59 Å². The van der Waals surface area contributed by atoms with Crippen LogP contribution in [-0.2, 0) is 11.5 Å². The summed E-state index contributed by atoms with van der Waals surface area (Å²) in [5, 5.41) is 8.85. The van der Waals surface area contributed by atoms with Crippen molar-refractivity contribution >= 4 is 62.2 Å². The molecule has 7 nitrogen and oxygen atoms in total. The van der Waals surface area contributed by atoms with Gasteiger partial charge in [0.05, 0.1) is 12.1 Å². The molecule has 0 fully saturated rings. The summed E-state index contributed by atoms with van der Waals surface area (Å²) in [6.45, 7) is 3.97. The standard InChI is InChI=1S/C23H19Cl2N3O4S/c1-12-8-15(9-13(2)19(12)24)32-11-28-7-6-17(27-28)22(29)26-14-4-5-16-18(10-14)33-21(20(16)25)23(30)31-3/h4-10H,11H2,1-3H3,(H,26,29). The Kier molecular flexibility index (Phi) is 6.60. The summed E-state index contributed by atoms with van der Waals surface area (Å²) in [7, 11) is 1.30. The number of esters is 1. The predicted octanol–water partition coefficient (Wildman–Crippen LogP) is 6.10. The maximum absolute atomic E-state index is 12.7. The molecule has 170 valence electrons. The topological polar surface area (TPSA) is 82.5 Å². The molecule has 0 aliphatic carbocycles. The lowest BCUT2D eigenvalue weighted by Crippen LogP contribution is -2.14. The fourth-order valence-electron chi connectivity index (χ4n) is 3.25. The minimum Gasteiger partial charge on any atom is -0.471 e. The van der Waals surface area contributed by atoms with Gasteiger partial charge < -0.3 is 14.8 Å². The van der Waals surface area contributed by atoms with Gasteiger partial charge in [-0.05, 0) is 61.4 Å². The molecular formula is C23H19Cl2N3O4S. The molecule has 0 aliphatic heterocycles. The fourth-order valence-corrected chi connectivity index (χ4v) is 4.82. The van der Waals surface area contributed by atoms with Crippen molar-refractivity contribution in [3.63, 3.8) is 0 Å². The number of ether oxygens (including phenoxy) is 2. The lowest BCUT2D eigenvalue weighted by molar-refractivity contribution is 0.0606. The van der Waals surface area contributed by atoms with Crippen molar-refractivity contribution in [2.75, 3.05) is 12.4 Å². The van der Waals surface area contributed by atoms with Crippen LogP contribution in [-0.4, -0.2) is 28.8 Å². The second-order valence-electron chi connectivity index (χ2n) is 7.29. The first-order valence-corrected chi connectivity index (χ1v) is 11.4. The van der Waals surface area contributed by atoms with E-state index >= 15 is 0 Å². The van der Waals surface area contributed by atoms with Crippen molar-refractivity contribution in [3.8, 4) is 5.75 Å². The van der Waals surface area contributed by atoms with E-state index < -0.39 is 5.97 Å². The summed E-state index contributed by atoms with van der Waals surface area (Å²) in [6.07, 6.45) is 1.66. The first-order chi connectivity index (χ1) is 15.8. The van der Waals surface area contributed by atoms with Gasteiger partial charge in [0, 0.05) is 27.0 Å². The molecule has 33 heavy (non-hydrogen) atoms. The van der Waals surface area contributed by atoms with Crippen LogP contribution in [0, 0.1) is 13.8 Å². The number of aromatic nitrogens is 2. The quantitative estimate of drug-likeness (QED) is 0.321. The molecule has 2 aromatic carbocycles. The Morgan fingerprint density at radius 2 is 1.82 bits per heavy atom. The molecule has 0 saturated heterocycles. The number of halogens is 2. The summed E-state index contributed by atoms with van der Waals surface area (Å²) in [5.74, 6) is -0.198. The highest BCUT2D eigenvalue weighted by atomic mass is 35.5. The van der Waals surface area contributed by atoms with Crippen molar-refractivity contribution in [2.45, 2.75) is 20.6 Å². The third-order valence-corrected chi connectivity index (χ3v) is 7.14.